The van der Waals surface area contributed by atoms with E-state index in [1.165, 1.54) is 0 Å². The van der Waals surface area contributed by atoms with Crippen LogP contribution in [0.2, 0.25) is 0 Å². The molecule has 4 heteroatoms. The number of benzene rings is 1. The van der Waals surface area contributed by atoms with Crippen molar-refractivity contribution in [3.63, 3.8) is 0 Å². The molecule has 0 aliphatic rings. The molecule has 0 radical (unpaired) electrons. The maximum atomic E-state index is 6.13. The number of fused-ring (bicyclic) bond motifs is 1. The Morgan fingerprint density at radius 2 is 2.11 bits per heavy atom. The molecule has 2 aromatic heterocycles. The number of hydrogen-bond donors (Lipinski definition) is 1. The van der Waals surface area contributed by atoms with Gasteiger partial charge in [0.2, 0.25) is 0 Å². The van der Waals surface area contributed by atoms with Crippen LogP contribution in [-0.4, -0.2) is 14.5 Å². The zero-order valence-corrected chi connectivity index (χ0v) is 11.1. The molecule has 1 aromatic carbocycles. The zero-order valence-electron chi connectivity index (χ0n) is 11.1. The van der Waals surface area contributed by atoms with E-state index in [0.29, 0.717) is 0 Å². The Labute approximate surface area is 111 Å². The van der Waals surface area contributed by atoms with Crippen LogP contribution in [0.3, 0.4) is 0 Å². The normalized spacial score (nSPS) is 11.1. The van der Waals surface area contributed by atoms with E-state index in [4.69, 9.17) is 10.7 Å². The molecule has 0 saturated carbocycles. The minimum absolute atomic E-state index is 0.762. The molecule has 0 unspecified atom stereocenters. The third kappa shape index (κ3) is 1.76. The van der Waals surface area contributed by atoms with Gasteiger partial charge in [-0.15, -0.1) is 0 Å². The number of hydrogen-bond acceptors (Lipinski definition) is 3. The number of anilines is 1. The van der Waals surface area contributed by atoms with Crippen LogP contribution in [0.25, 0.3) is 22.4 Å². The van der Waals surface area contributed by atoms with Gasteiger partial charge in [-0.05, 0) is 31.5 Å². The molecule has 19 heavy (non-hydrogen) atoms. The molecule has 0 atom stereocenters. The van der Waals surface area contributed by atoms with Gasteiger partial charge in [-0.3, -0.25) is 4.98 Å². The van der Waals surface area contributed by atoms with Crippen LogP contribution in [0.1, 0.15) is 12.5 Å². The Morgan fingerprint density at radius 3 is 2.84 bits per heavy atom. The lowest BCUT2D eigenvalue weighted by Gasteiger charge is -2.11. The molecule has 96 valence electrons. The summed E-state index contributed by atoms with van der Waals surface area (Å²) in [7, 11) is 0. The lowest BCUT2D eigenvalue weighted by molar-refractivity contribution is 0.796. The van der Waals surface area contributed by atoms with Crippen LogP contribution in [-0.2, 0) is 6.54 Å². The summed E-state index contributed by atoms with van der Waals surface area (Å²) in [6.07, 6.45) is 3.58. The summed E-state index contributed by atoms with van der Waals surface area (Å²) >= 11 is 0. The van der Waals surface area contributed by atoms with E-state index in [1.54, 1.807) is 12.4 Å². The average Bonchev–Trinajstić information content (AvgIpc) is 2.76. The Morgan fingerprint density at radius 1 is 1.26 bits per heavy atom. The van der Waals surface area contributed by atoms with Crippen molar-refractivity contribution in [3.8, 4) is 11.4 Å². The third-order valence-corrected chi connectivity index (χ3v) is 3.40. The molecule has 0 fully saturated rings. The molecule has 0 aliphatic carbocycles. The summed E-state index contributed by atoms with van der Waals surface area (Å²) in [6, 6.07) is 7.93. The Bertz CT molecular complexity index is 723. The smallest absolute Gasteiger partial charge is 0.143 e. The summed E-state index contributed by atoms with van der Waals surface area (Å²) in [4.78, 5) is 8.83. The number of nitrogen functional groups attached to an aromatic ring is 1. The first-order valence-corrected chi connectivity index (χ1v) is 6.38. The fourth-order valence-electron chi connectivity index (χ4n) is 2.49. The lowest BCUT2D eigenvalue weighted by Crippen LogP contribution is -2.01. The highest BCUT2D eigenvalue weighted by Gasteiger charge is 2.15. The summed E-state index contributed by atoms with van der Waals surface area (Å²) in [6.45, 7) is 5.02. The summed E-state index contributed by atoms with van der Waals surface area (Å²) in [5.41, 5.74) is 11.0. The lowest BCUT2D eigenvalue weighted by atomic mass is 10.1. The van der Waals surface area contributed by atoms with Gasteiger partial charge in [-0.25, -0.2) is 4.98 Å². The number of rotatable bonds is 2. The van der Waals surface area contributed by atoms with Crippen LogP contribution in [0, 0.1) is 6.92 Å². The highest BCUT2D eigenvalue weighted by Crippen LogP contribution is 2.31. The van der Waals surface area contributed by atoms with Gasteiger partial charge in [-0.2, -0.15) is 0 Å². The SMILES string of the molecule is CCn1c(-c2c(C)cccc2N)nc2cnccc21. The van der Waals surface area contributed by atoms with Crippen LogP contribution in [0.5, 0.6) is 0 Å². The first-order valence-electron chi connectivity index (χ1n) is 6.38. The van der Waals surface area contributed by atoms with Crippen molar-refractivity contribution in [2.45, 2.75) is 20.4 Å². The predicted molar refractivity (Wildman–Crippen MR) is 77.8 cm³/mol. The van der Waals surface area contributed by atoms with Crippen molar-refractivity contribution in [1.29, 1.82) is 0 Å². The van der Waals surface area contributed by atoms with Crippen molar-refractivity contribution >= 4 is 16.7 Å². The fourth-order valence-corrected chi connectivity index (χ4v) is 2.49. The van der Waals surface area contributed by atoms with Crippen molar-refractivity contribution in [3.05, 3.63) is 42.2 Å². The molecule has 4 nitrogen and oxygen atoms in total. The van der Waals surface area contributed by atoms with Crippen molar-refractivity contribution in [2.24, 2.45) is 0 Å². The maximum absolute atomic E-state index is 6.13. The minimum Gasteiger partial charge on any atom is -0.398 e. The van der Waals surface area contributed by atoms with Crippen LogP contribution in [0.15, 0.2) is 36.7 Å². The van der Waals surface area contributed by atoms with Crippen molar-refractivity contribution < 1.29 is 0 Å². The predicted octanol–water partition coefficient (Wildman–Crippen LogP) is 3.01. The number of aromatic nitrogens is 3. The molecule has 3 aromatic rings. The molecule has 0 aliphatic heterocycles. The Kier molecular flexibility index (Phi) is 2.71. The quantitative estimate of drug-likeness (QED) is 0.713. The molecule has 0 spiro atoms. The molecule has 0 bridgehead atoms. The van der Waals surface area contributed by atoms with Gasteiger partial charge in [0, 0.05) is 24.0 Å². The Hall–Kier alpha value is -2.36. The van der Waals surface area contributed by atoms with Crippen molar-refractivity contribution in [1.82, 2.24) is 14.5 Å². The van der Waals surface area contributed by atoms with E-state index in [0.717, 1.165) is 40.2 Å². The van der Waals surface area contributed by atoms with Gasteiger partial charge >= 0.3 is 0 Å². The molecule has 3 rings (SSSR count). The van der Waals surface area contributed by atoms with Gasteiger partial charge < -0.3 is 10.3 Å². The van der Waals surface area contributed by atoms with E-state index >= 15 is 0 Å². The number of nitrogens with two attached hydrogens (primary N) is 1. The van der Waals surface area contributed by atoms with E-state index in [9.17, 15) is 0 Å². The van der Waals surface area contributed by atoms with Gasteiger partial charge in [0.1, 0.15) is 11.3 Å². The second kappa shape index (κ2) is 4.39. The van der Waals surface area contributed by atoms with E-state index in [1.807, 2.05) is 18.2 Å². The number of aryl methyl sites for hydroxylation is 2. The summed E-state index contributed by atoms with van der Waals surface area (Å²) in [5.74, 6) is 0.918. The first kappa shape index (κ1) is 11.7. The van der Waals surface area contributed by atoms with E-state index < -0.39 is 0 Å². The number of pyridine rings is 1. The second-order valence-electron chi connectivity index (χ2n) is 4.58. The standard InChI is InChI=1S/C15H16N4/c1-3-19-13-7-8-17-9-12(13)18-15(19)14-10(2)5-4-6-11(14)16/h4-9H,3,16H2,1-2H3. The van der Waals surface area contributed by atoms with Gasteiger partial charge in [0.05, 0.1) is 11.7 Å². The summed E-state index contributed by atoms with van der Waals surface area (Å²) in [5, 5.41) is 0. The molecule has 2 N–H and O–H groups in total. The van der Waals surface area contributed by atoms with Crippen molar-refractivity contribution in [2.75, 3.05) is 5.73 Å². The van der Waals surface area contributed by atoms with Crippen LogP contribution < -0.4 is 5.73 Å². The third-order valence-electron chi connectivity index (χ3n) is 3.40. The number of imidazole rings is 1. The molecule has 0 saturated heterocycles. The Balaban J connectivity index is 2.37. The largest absolute Gasteiger partial charge is 0.398 e. The van der Waals surface area contributed by atoms with Gasteiger partial charge in [-0.1, -0.05) is 12.1 Å². The molecule has 0 amide bonds. The van der Waals surface area contributed by atoms with E-state index in [-0.39, 0.29) is 0 Å². The minimum atomic E-state index is 0.762. The van der Waals surface area contributed by atoms with E-state index in [2.05, 4.69) is 29.5 Å². The highest BCUT2D eigenvalue weighted by atomic mass is 15.1. The molecular formula is C15H16N4. The summed E-state index contributed by atoms with van der Waals surface area (Å²) < 4.78 is 2.18. The average molecular weight is 252 g/mol. The highest BCUT2D eigenvalue weighted by molar-refractivity contribution is 5.84. The van der Waals surface area contributed by atoms with Crippen LogP contribution in [0.4, 0.5) is 5.69 Å². The first-order chi connectivity index (χ1) is 9.22. The number of nitrogens with zero attached hydrogens (tertiary/aromatic N) is 3. The zero-order chi connectivity index (χ0) is 13.4. The topological polar surface area (TPSA) is 56.7 Å². The molecule has 2 heterocycles. The monoisotopic (exact) mass is 252 g/mol. The maximum Gasteiger partial charge on any atom is 0.143 e. The van der Waals surface area contributed by atoms with Gasteiger partial charge in [0.25, 0.3) is 0 Å². The molecular weight excluding hydrogens is 236 g/mol. The van der Waals surface area contributed by atoms with Crippen LogP contribution >= 0.6 is 0 Å². The fraction of sp³-hybridized carbons (Fsp3) is 0.200. The van der Waals surface area contributed by atoms with Gasteiger partial charge in [0.15, 0.2) is 0 Å². The second-order valence-corrected chi connectivity index (χ2v) is 4.58.